The number of halogens is 2. The van der Waals surface area contributed by atoms with Crippen LogP contribution in [0.25, 0.3) is 22.0 Å². The molecule has 0 radical (unpaired) electrons. The highest BCUT2D eigenvalue weighted by atomic mass is 19.1. The summed E-state index contributed by atoms with van der Waals surface area (Å²) in [5.74, 6) is -1.33. The van der Waals surface area contributed by atoms with Crippen LogP contribution in [0.4, 0.5) is 14.6 Å². The van der Waals surface area contributed by atoms with Gasteiger partial charge in [0.15, 0.2) is 11.1 Å². The van der Waals surface area contributed by atoms with Crippen LogP contribution in [-0.2, 0) is 0 Å². The molecule has 0 spiro atoms. The fourth-order valence-electron chi connectivity index (χ4n) is 4.27. The van der Waals surface area contributed by atoms with Crippen LogP contribution < -0.4 is 11.2 Å². The molecular formula is C23H19F2N5O2. The molecule has 0 saturated carbocycles. The van der Waals surface area contributed by atoms with Crippen LogP contribution in [0.15, 0.2) is 64.0 Å². The molecule has 3 unspecified atom stereocenters. The molecule has 4 aromatic rings. The first-order chi connectivity index (χ1) is 15.4. The summed E-state index contributed by atoms with van der Waals surface area (Å²) in [6.07, 6.45) is 7.22. The van der Waals surface area contributed by atoms with Gasteiger partial charge in [-0.1, -0.05) is 19.1 Å². The number of hydrogen-bond donors (Lipinski definition) is 1. The number of rotatable bonds is 3. The predicted molar refractivity (Wildman–Crippen MR) is 116 cm³/mol. The third-order valence-electron chi connectivity index (χ3n) is 5.89. The lowest BCUT2D eigenvalue weighted by Gasteiger charge is -2.25. The first kappa shape index (κ1) is 20.0. The highest BCUT2D eigenvalue weighted by Crippen LogP contribution is 2.37. The van der Waals surface area contributed by atoms with E-state index in [-0.39, 0.29) is 34.1 Å². The Morgan fingerprint density at radius 2 is 2.06 bits per heavy atom. The molecular weight excluding hydrogens is 416 g/mol. The predicted octanol–water partition coefficient (Wildman–Crippen LogP) is 4.41. The molecule has 1 aliphatic carbocycles. The van der Waals surface area contributed by atoms with E-state index in [4.69, 9.17) is 10.2 Å². The second-order valence-corrected chi connectivity index (χ2v) is 7.88. The third kappa shape index (κ3) is 3.00. The standard InChI is InChI=1S/C23H19F2N5O2/c1-11-8-13(24)6-7-14(11)18-20(31)19-16(25)4-3-5-17(19)32-21(18)12(2)30-23-15(9-29-30)22(26)27-10-28-23/h3-12,14H,1-2H3,(H2,26,27,28). The van der Waals surface area contributed by atoms with Crippen LogP contribution in [0.1, 0.15) is 37.1 Å². The van der Waals surface area contributed by atoms with Crippen LogP contribution in [0.5, 0.6) is 0 Å². The Hall–Kier alpha value is -3.88. The Bertz CT molecular complexity index is 1490. The number of aromatic nitrogens is 4. The molecule has 5 rings (SSSR count). The van der Waals surface area contributed by atoms with E-state index < -0.39 is 23.2 Å². The van der Waals surface area contributed by atoms with Gasteiger partial charge in [0.25, 0.3) is 0 Å². The van der Waals surface area contributed by atoms with Gasteiger partial charge in [-0.15, -0.1) is 0 Å². The fourth-order valence-corrected chi connectivity index (χ4v) is 4.27. The average molecular weight is 435 g/mol. The van der Waals surface area contributed by atoms with E-state index in [1.165, 1.54) is 30.6 Å². The third-order valence-corrected chi connectivity index (χ3v) is 5.89. The molecule has 3 atom stereocenters. The highest BCUT2D eigenvalue weighted by Gasteiger charge is 2.31. The van der Waals surface area contributed by atoms with Gasteiger partial charge in [0.2, 0.25) is 0 Å². The number of hydrogen-bond acceptors (Lipinski definition) is 6. The van der Waals surface area contributed by atoms with Gasteiger partial charge in [0.05, 0.1) is 11.6 Å². The average Bonchev–Trinajstić information content (AvgIpc) is 3.19. The molecule has 3 aromatic heterocycles. The van der Waals surface area contributed by atoms with Crippen molar-refractivity contribution in [3.8, 4) is 0 Å². The minimum Gasteiger partial charge on any atom is -0.458 e. The summed E-state index contributed by atoms with van der Waals surface area (Å²) in [6, 6.07) is 3.65. The van der Waals surface area contributed by atoms with Crippen LogP contribution in [0.2, 0.25) is 0 Å². The number of benzene rings is 1. The number of anilines is 1. The largest absolute Gasteiger partial charge is 0.458 e. The maximum Gasteiger partial charge on any atom is 0.199 e. The lowest BCUT2D eigenvalue weighted by atomic mass is 9.82. The zero-order valence-corrected chi connectivity index (χ0v) is 17.3. The summed E-state index contributed by atoms with van der Waals surface area (Å²) in [7, 11) is 0. The van der Waals surface area contributed by atoms with Crippen molar-refractivity contribution in [2.24, 2.45) is 5.92 Å². The van der Waals surface area contributed by atoms with Crippen molar-refractivity contribution in [3.63, 3.8) is 0 Å². The maximum absolute atomic E-state index is 14.6. The first-order valence-corrected chi connectivity index (χ1v) is 10.1. The van der Waals surface area contributed by atoms with Crippen molar-refractivity contribution >= 4 is 27.8 Å². The van der Waals surface area contributed by atoms with Gasteiger partial charge in [-0.3, -0.25) is 4.79 Å². The van der Waals surface area contributed by atoms with Gasteiger partial charge in [-0.25, -0.2) is 23.4 Å². The van der Waals surface area contributed by atoms with Crippen molar-refractivity contribution in [1.29, 1.82) is 0 Å². The Labute approximate surface area is 180 Å². The van der Waals surface area contributed by atoms with E-state index in [0.717, 1.165) is 0 Å². The fraction of sp³-hybridized carbons (Fsp3) is 0.217. The molecule has 7 nitrogen and oxygen atoms in total. The van der Waals surface area contributed by atoms with Gasteiger partial charge in [-0.05, 0) is 37.1 Å². The van der Waals surface area contributed by atoms with E-state index in [2.05, 4.69) is 15.1 Å². The normalized spacial score (nSPS) is 19.4. The number of fused-ring (bicyclic) bond motifs is 2. The van der Waals surface area contributed by atoms with E-state index >= 15 is 0 Å². The number of nitrogens with zero attached hydrogens (tertiary/aromatic N) is 4. The summed E-state index contributed by atoms with van der Waals surface area (Å²) in [6.45, 7) is 3.59. The topological polar surface area (TPSA) is 99.8 Å². The van der Waals surface area contributed by atoms with Crippen LogP contribution >= 0.6 is 0 Å². The zero-order chi connectivity index (χ0) is 22.6. The minimum atomic E-state index is -0.670. The maximum atomic E-state index is 14.6. The molecule has 0 saturated heterocycles. The molecule has 2 N–H and O–H groups in total. The molecule has 32 heavy (non-hydrogen) atoms. The van der Waals surface area contributed by atoms with Crippen molar-refractivity contribution < 1.29 is 13.2 Å². The lowest BCUT2D eigenvalue weighted by molar-refractivity contribution is 0.424. The van der Waals surface area contributed by atoms with E-state index in [0.29, 0.717) is 16.8 Å². The number of allylic oxidation sites excluding steroid dienone is 4. The molecule has 0 fully saturated rings. The number of nitrogens with two attached hydrogens (primary N) is 1. The summed E-state index contributed by atoms with van der Waals surface area (Å²) in [5, 5.41) is 4.81. The second-order valence-electron chi connectivity index (χ2n) is 7.88. The highest BCUT2D eigenvalue weighted by molar-refractivity contribution is 5.85. The zero-order valence-electron chi connectivity index (χ0n) is 17.3. The summed E-state index contributed by atoms with van der Waals surface area (Å²) >= 11 is 0. The molecule has 1 aliphatic rings. The molecule has 1 aromatic carbocycles. The summed E-state index contributed by atoms with van der Waals surface area (Å²) in [4.78, 5) is 21.8. The summed E-state index contributed by atoms with van der Waals surface area (Å²) < 4.78 is 36.1. The Balaban J connectivity index is 1.79. The first-order valence-electron chi connectivity index (χ1n) is 10.1. The van der Waals surface area contributed by atoms with E-state index in [9.17, 15) is 13.6 Å². The molecule has 9 heteroatoms. The van der Waals surface area contributed by atoms with Crippen LogP contribution in [0.3, 0.4) is 0 Å². The second kappa shape index (κ2) is 7.37. The number of nitrogen functional groups attached to an aromatic ring is 1. The lowest BCUT2D eigenvalue weighted by Crippen LogP contribution is -2.24. The van der Waals surface area contributed by atoms with Crippen molar-refractivity contribution in [3.05, 3.63) is 82.1 Å². The van der Waals surface area contributed by atoms with Gasteiger partial charge in [0, 0.05) is 11.5 Å². The van der Waals surface area contributed by atoms with Gasteiger partial charge >= 0.3 is 0 Å². The Morgan fingerprint density at radius 3 is 2.84 bits per heavy atom. The van der Waals surface area contributed by atoms with E-state index in [1.54, 1.807) is 36.9 Å². The van der Waals surface area contributed by atoms with Gasteiger partial charge < -0.3 is 10.2 Å². The smallest absolute Gasteiger partial charge is 0.199 e. The molecule has 0 amide bonds. The molecule has 3 heterocycles. The molecule has 0 aliphatic heterocycles. The van der Waals surface area contributed by atoms with Crippen molar-refractivity contribution in [1.82, 2.24) is 19.7 Å². The molecule has 0 bridgehead atoms. The van der Waals surface area contributed by atoms with E-state index in [1.807, 2.05) is 0 Å². The minimum absolute atomic E-state index is 0.125. The van der Waals surface area contributed by atoms with Crippen LogP contribution in [-0.4, -0.2) is 19.7 Å². The van der Waals surface area contributed by atoms with Crippen molar-refractivity contribution in [2.45, 2.75) is 25.8 Å². The summed E-state index contributed by atoms with van der Waals surface area (Å²) in [5.41, 5.74) is 6.29. The van der Waals surface area contributed by atoms with Gasteiger partial charge in [-0.2, -0.15) is 5.10 Å². The quantitative estimate of drug-likeness (QED) is 0.512. The SMILES string of the molecule is CC1C=C(F)C=CC1c1c(C(C)n2ncc3c(N)ncnc32)oc2cccc(F)c2c1=O. The molecule has 162 valence electrons. The van der Waals surface area contributed by atoms with Crippen LogP contribution in [0, 0.1) is 11.7 Å². The monoisotopic (exact) mass is 435 g/mol. The Morgan fingerprint density at radius 1 is 1.25 bits per heavy atom. The van der Waals surface area contributed by atoms with Crippen molar-refractivity contribution in [2.75, 3.05) is 5.73 Å². The Kier molecular flexibility index (Phi) is 4.61. The van der Waals surface area contributed by atoms with Gasteiger partial charge in [0.1, 0.15) is 46.6 Å².